The van der Waals surface area contributed by atoms with Gasteiger partial charge in [0.05, 0.1) is 48.8 Å². The van der Waals surface area contributed by atoms with Crippen LogP contribution in [0.2, 0.25) is 0 Å². The summed E-state index contributed by atoms with van der Waals surface area (Å²) in [6.07, 6.45) is 22.3. The average molecular weight is 639 g/mol. The lowest BCUT2D eigenvalue weighted by atomic mass is 10.00. The van der Waals surface area contributed by atoms with Crippen LogP contribution in [-0.4, -0.2) is 81.3 Å². The van der Waals surface area contributed by atoms with Gasteiger partial charge < -0.3 is 34.6 Å². The molecule has 0 unspecified atom stereocenters. The molecular formula is C37H66O8. The summed E-state index contributed by atoms with van der Waals surface area (Å²) in [7, 11) is 0. The smallest absolute Gasteiger partial charge is 0.334 e. The maximum atomic E-state index is 11.7. The van der Waals surface area contributed by atoms with Gasteiger partial charge in [0.15, 0.2) is 0 Å². The molecule has 3 rings (SSSR count). The maximum Gasteiger partial charge on any atom is 0.334 e. The Labute approximate surface area is 273 Å². The summed E-state index contributed by atoms with van der Waals surface area (Å²) in [6, 6.07) is 0. The topological polar surface area (TPSA) is 126 Å². The molecule has 8 heteroatoms. The van der Waals surface area contributed by atoms with Crippen molar-refractivity contribution in [2.75, 3.05) is 0 Å². The first kappa shape index (κ1) is 38.4. The van der Waals surface area contributed by atoms with E-state index in [0.717, 1.165) is 116 Å². The second-order valence-electron chi connectivity index (χ2n) is 14.2. The third-order valence-electron chi connectivity index (χ3n) is 10.1. The number of rotatable bonds is 25. The minimum Gasteiger partial charge on any atom is -0.455 e. The number of aliphatic hydroxyl groups is 4. The molecule has 0 aliphatic carbocycles. The number of aliphatic hydroxyl groups excluding tert-OH is 4. The molecule has 2 fully saturated rings. The molecule has 3 aliphatic rings. The van der Waals surface area contributed by atoms with Crippen LogP contribution in [0.3, 0.4) is 0 Å². The van der Waals surface area contributed by atoms with Crippen molar-refractivity contribution in [3.05, 3.63) is 11.6 Å². The molecule has 9 atom stereocenters. The van der Waals surface area contributed by atoms with Crippen molar-refractivity contribution < 1.29 is 39.4 Å². The van der Waals surface area contributed by atoms with Gasteiger partial charge in [-0.05, 0) is 70.8 Å². The Morgan fingerprint density at radius 3 is 1.53 bits per heavy atom. The van der Waals surface area contributed by atoms with E-state index in [2.05, 4.69) is 6.92 Å². The van der Waals surface area contributed by atoms with Gasteiger partial charge in [0, 0.05) is 12.0 Å². The Kier molecular flexibility index (Phi) is 18.6. The Morgan fingerprint density at radius 1 is 0.644 bits per heavy atom. The van der Waals surface area contributed by atoms with Crippen LogP contribution in [0.25, 0.3) is 0 Å². The number of carbonyl (C=O) groups is 1. The van der Waals surface area contributed by atoms with Gasteiger partial charge in [0.1, 0.15) is 6.10 Å². The average Bonchev–Trinajstić information content (AvgIpc) is 3.76. The Bertz CT molecular complexity index is 833. The van der Waals surface area contributed by atoms with E-state index in [1.54, 1.807) is 0 Å². The van der Waals surface area contributed by atoms with Crippen molar-refractivity contribution in [1.82, 2.24) is 0 Å². The molecule has 0 saturated carbocycles. The van der Waals surface area contributed by atoms with E-state index >= 15 is 0 Å². The molecular weight excluding hydrogens is 572 g/mol. The van der Waals surface area contributed by atoms with E-state index in [-0.39, 0.29) is 42.6 Å². The summed E-state index contributed by atoms with van der Waals surface area (Å²) < 4.78 is 17.6. The highest BCUT2D eigenvalue weighted by Crippen LogP contribution is 2.34. The number of carbonyl (C=O) groups excluding carboxylic acids is 1. The fraction of sp³-hybridized carbons (Fsp3) is 0.919. The standard InChI is InChI=1S/C37H66O8/c1-3-16-29(38)17-12-10-11-15-20-32(41)34-22-24-36(45-34)35-23-21-33(44-35)31(40)19-14-9-7-5-4-6-8-13-18-30(39)26-28-25-27(2)43-37(28)42/h25,27,29-36,38-41H,3-24,26H2,1-2H3/t27-,29-,30+,31+,32-,33+,34+,35+,36+/m0/s1. The monoisotopic (exact) mass is 638 g/mol. The zero-order valence-electron chi connectivity index (χ0n) is 28.5. The minimum atomic E-state index is -0.470. The van der Waals surface area contributed by atoms with E-state index < -0.39 is 18.3 Å². The zero-order valence-corrected chi connectivity index (χ0v) is 28.5. The fourth-order valence-electron chi connectivity index (χ4n) is 7.36. The Morgan fingerprint density at radius 2 is 1.09 bits per heavy atom. The van der Waals surface area contributed by atoms with Gasteiger partial charge in [-0.2, -0.15) is 0 Å². The number of esters is 1. The van der Waals surface area contributed by atoms with Crippen LogP contribution in [0.5, 0.6) is 0 Å². The van der Waals surface area contributed by atoms with Crippen molar-refractivity contribution >= 4 is 5.97 Å². The molecule has 3 aliphatic heterocycles. The highest BCUT2D eigenvalue weighted by molar-refractivity contribution is 5.90. The normalized spacial score (nSPS) is 27.8. The van der Waals surface area contributed by atoms with Crippen LogP contribution in [0.1, 0.15) is 162 Å². The van der Waals surface area contributed by atoms with Crippen LogP contribution in [0, 0.1) is 0 Å². The zero-order chi connectivity index (χ0) is 32.4. The van der Waals surface area contributed by atoms with Crippen LogP contribution in [0.15, 0.2) is 11.6 Å². The lowest BCUT2D eigenvalue weighted by molar-refractivity contribution is -0.139. The quantitative estimate of drug-likeness (QED) is 0.0634. The van der Waals surface area contributed by atoms with Gasteiger partial charge in [-0.3, -0.25) is 0 Å². The third kappa shape index (κ3) is 14.7. The molecule has 2 saturated heterocycles. The van der Waals surface area contributed by atoms with E-state index in [4.69, 9.17) is 14.2 Å². The highest BCUT2D eigenvalue weighted by Gasteiger charge is 2.40. The lowest BCUT2D eigenvalue weighted by Crippen LogP contribution is -2.33. The van der Waals surface area contributed by atoms with Gasteiger partial charge in [0.25, 0.3) is 0 Å². The number of hydrogen-bond acceptors (Lipinski definition) is 8. The molecule has 3 heterocycles. The van der Waals surface area contributed by atoms with Crippen LogP contribution in [0.4, 0.5) is 0 Å². The van der Waals surface area contributed by atoms with E-state index in [1.165, 1.54) is 25.7 Å². The minimum absolute atomic E-state index is 0.0254. The molecule has 0 aromatic carbocycles. The van der Waals surface area contributed by atoms with Crippen molar-refractivity contribution in [3.8, 4) is 0 Å². The molecule has 0 spiro atoms. The van der Waals surface area contributed by atoms with Crippen LogP contribution >= 0.6 is 0 Å². The molecule has 0 aromatic heterocycles. The van der Waals surface area contributed by atoms with Gasteiger partial charge in [-0.1, -0.05) is 90.4 Å². The SMILES string of the molecule is CCC[C@H](O)CCCCCC[C@H](O)[C@H]1CC[C@H]([C@H]2CC[C@H]([C@H](O)CCCCCCCCCC[C@@H](O)CC3=C[C@H](C)OC3=O)O2)O1. The summed E-state index contributed by atoms with van der Waals surface area (Å²) in [4.78, 5) is 11.7. The number of ether oxygens (including phenoxy) is 3. The molecule has 0 aromatic rings. The van der Waals surface area contributed by atoms with Gasteiger partial charge >= 0.3 is 5.97 Å². The predicted octanol–water partition coefficient (Wildman–Crippen LogP) is 6.83. The number of hydrogen-bond donors (Lipinski definition) is 4. The van der Waals surface area contributed by atoms with E-state index in [1.807, 2.05) is 13.0 Å². The predicted molar refractivity (Wildman–Crippen MR) is 177 cm³/mol. The third-order valence-corrected chi connectivity index (χ3v) is 10.1. The first-order chi connectivity index (χ1) is 21.8. The molecule has 8 nitrogen and oxygen atoms in total. The summed E-state index contributed by atoms with van der Waals surface area (Å²) in [5, 5.41) is 41.5. The largest absolute Gasteiger partial charge is 0.455 e. The number of cyclic esters (lactones) is 1. The Balaban J connectivity index is 1.13. The van der Waals surface area contributed by atoms with E-state index in [9.17, 15) is 25.2 Å². The summed E-state index contributed by atoms with van der Waals surface area (Å²) in [5.41, 5.74) is 0.612. The van der Waals surface area contributed by atoms with Crippen molar-refractivity contribution in [3.63, 3.8) is 0 Å². The highest BCUT2D eigenvalue weighted by atomic mass is 16.6. The molecule has 4 N–H and O–H groups in total. The summed E-state index contributed by atoms with van der Waals surface area (Å²) in [5.74, 6) is -0.285. The molecule has 0 amide bonds. The Hall–Kier alpha value is -1.03. The van der Waals surface area contributed by atoms with Crippen molar-refractivity contribution in [1.29, 1.82) is 0 Å². The van der Waals surface area contributed by atoms with Crippen molar-refractivity contribution in [2.45, 2.75) is 216 Å². The van der Waals surface area contributed by atoms with Gasteiger partial charge in [-0.15, -0.1) is 0 Å². The molecule has 45 heavy (non-hydrogen) atoms. The van der Waals surface area contributed by atoms with Gasteiger partial charge in [0.2, 0.25) is 0 Å². The molecule has 262 valence electrons. The van der Waals surface area contributed by atoms with E-state index in [0.29, 0.717) is 12.0 Å². The lowest BCUT2D eigenvalue weighted by Gasteiger charge is -2.24. The summed E-state index contributed by atoms with van der Waals surface area (Å²) in [6.45, 7) is 3.94. The fourth-order valence-corrected chi connectivity index (χ4v) is 7.36. The summed E-state index contributed by atoms with van der Waals surface area (Å²) >= 11 is 0. The van der Waals surface area contributed by atoms with Crippen LogP contribution < -0.4 is 0 Å². The second kappa shape index (κ2) is 21.8. The molecule has 0 radical (unpaired) electrons. The van der Waals surface area contributed by atoms with Crippen LogP contribution in [-0.2, 0) is 19.0 Å². The maximum absolute atomic E-state index is 11.7. The first-order valence-corrected chi connectivity index (χ1v) is 18.7. The second-order valence-corrected chi connectivity index (χ2v) is 14.2. The first-order valence-electron chi connectivity index (χ1n) is 18.7. The number of unbranched alkanes of at least 4 members (excludes halogenated alkanes) is 10. The van der Waals surface area contributed by atoms with Crippen molar-refractivity contribution in [2.24, 2.45) is 0 Å². The molecule has 0 bridgehead atoms. The van der Waals surface area contributed by atoms with Gasteiger partial charge in [-0.25, -0.2) is 4.79 Å².